The first-order chi connectivity index (χ1) is 12.5. The number of methoxy groups -OCH3 is 1. The predicted molar refractivity (Wildman–Crippen MR) is 99.2 cm³/mol. The highest BCUT2D eigenvalue weighted by Crippen LogP contribution is 2.16. The fourth-order valence-electron chi connectivity index (χ4n) is 2.09. The van der Waals surface area contributed by atoms with Gasteiger partial charge in [-0.1, -0.05) is 0 Å². The lowest BCUT2D eigenvalue weighted by Crippen LogP contribution is -2.41. The number of nitrogens with one attached hydrogen (secondary N) is 2. The van der Waals surface area contributed by atoms with E-state index < -0.39 is 32.0 Å². The van der Waals surface area contributed by atoms with Crippen molar-refractivity contribution in [2.45, 2.75) is 22.8 Å². The second-order valence-corrected chi connectivity index (χ2v) is 8.85. The highest BCUT2D eigenvalue weighted by Gasteiger charge is 2.22. The van der Waals surface area contributed by atoms with Crippen molar-refractivity contribution < 1.29 is 26.4 Å². The molecule has 27 heavy (non-hydrogen) atoms. The van der Waals surface area contributed by atoms with Crippen LogP contribution in [0.25, 0.3) is 0 Å². The van der Waals surface area contributed by atoms with Gasteiger partial charge in [0, 0.05) is 5.69 Å². The molecule has 0 aliphatic rings. The minimum atomic E-state index is -3.91. The Hall–Kier alpha value is -2.47. The highest BCUT2D eigenvalue weighted by atomic mass is 32.2. The van der Waals surface area contributed by atoms with E-state index in [4.69, 9.17) is 9.88 Å². The average Bonchev–Trinajstić information content (AvgIpc) is 2.61. The van der Waals surface area contributed by atoms with Crippen LogP contribution in [0.1, 0.15) is 6.92 Å². The fourth-order valence-corrected chi connectivity index (χ4v) is 3.81. The molecule has 0 aliphatic heterocycles. The third-order valence-corrected chi connectivity index (χ3v) is 6.03. The summed E-state index contributed by atoms with van der Waals surface area (Å²) in [5.41, 5.74) is 0.294. The largest absolute Gasteiger partial charge is 0.497 e. The lowest BCUT2D eigenvalue weighted by molar-refractivity contribution is -0.117. The lowest BCUT2D eigenvalue weighted by atomic mass is 10.3. The summed E-state index contributed by atoms with van der Waals surface area (Å²) in [6.07, 6.45) is 0. The average molecular weight is 413 g/mol. The first kappa shape index (κ1) is 20.8. The molecule has 1 amide bonds. The number of rotatable bonds is 7. The fraction of sp³-hybridized carbons (Fsp3) is 0.188. The SMILES string of the molecule is COc1ccc(S(=O)(=O)N[C@H](C)C(=O)Nc2ccc(S(N)(=O)=O)cc2)cc1. The third-order valence-electron chi connectivity index (χ3n) is 3.55. The summed E-state index contributed by atoms with van der Waals surface area (Å²) in [4.78, 5) is 12.1. The smallest absolute Gasteiger partial charge is 0.242 e. The number of primary sulfonamides is 1. The Morgan fingerprint density at radius 3 is 1.96 bits per heavy atom. The second-order valence-electron chi connectivity index (χ2n) is 5.58. The highest BCUT2D eigenvalue weighted by molar-refractivity contribution is 7.89. The van der Waals surface area contributed by atoms with Crippen molar-refractivity contribution in [2.24, 2.45) is 5.14 Å². The number of hydrogen-bond acceptors (Lipinski definition) is 6. The molecule has 2 rings (SSSR count). The van der Waals surface area contributed by atoms with Crippen LogP contribution in [0.5, 0.6) is 5.75 Å². The maximum absolute atomic E-state index is 12.3. The van der Waals surface area contributed by atoms with Crippen molar-refractivity contribution in [3.8, 4) is 5.75 Å². The molecule has 11 heteroatoms. The Bertz CT molecular complexity index is 1020. The zero-order valence-corrected chi connectivity index (χ0v) is 16.2. The van der Waals surface area contributed by atoms with Crippen molar-refractivity contribution >= 4 is 31.6 Å². The zero-order chi connectivity index (χ0) is 20.2. The molecule has 0 spiro atoms. The van der Waals surface area contributed by atoms with Gasteiger partial charge in [-0.05, 0) is 55.5 Å². The van der Waals surface area contributed by atoms with Gasteiger partial charge in [-0.25, -0.2) is 22.0 Å². The Morgan fingerprint density at radius 2 is 1.48 bits per heavy atom. The van der Waals surface area contributed by atoms with Crippen molar-refractivity contribution in [2.75, 3.05) is 12.4 Å². The molecule has 0 radical (unpaired) electrons. The third kappa shape index (κ3) is 5.50. The summed E-state index contributed by atoms with van der Waals surface area (Å²) < 4.78 is 54.3. The number of ether oxygens (including phenoxy) is 1. The molecule has 0 saturated carbocycles. The van der Waals surface area contributed by atoms with Gasteiger partial charge in [-0.2, -0.15) is 4.72 Å². The van der Waals surface area contributed by atoms with Gasteiger partial charge >= 0.3 is 0 Å². The van der Waals surface area contributed by atoms with E-state index in [1.54, 1.807) is 0 Å². The number of anilines is 1. The van der Waals surface area contributed by atoms with E-state index in [0.717, 1.165) is 0 Å². The maximum Gasteiger partial charge on any atom is 0.242 e. The van der Waals surface area contributed by atoms with E-state index in [-0.39, 0.29) is 9.79 Å². The molecular formula is C16H19N3O6S2. The normalized spacial score (nSPS) is 13.0. The first-order valence-electron chi connectivity index (χ1n) is 7.63. The van der Waals surface area contributed by atoms with Crippen LogP contribution in [-0.2, 0) is 24.8 Å². The monoisotopic (exact) mass is 413 g/mol. The molecule has 0 unspecified atom stereocenters. The Kier molecular flexibility index (Phi) is 6.21. The van der Waals surface area contributed by atoms with Crippen LogP contribution in [0.4, 0.5) is 5.69 Å². The van der Waals surface area contributed by atoms with E-state index in [0.29, 0.717) is 11.4 Å². The molecule has 0 saturated heterocycles. The molecule has 0 heterocycles. The quantitative estimate of drug-likeness (QED) is 0.608. The van der Waals surface area contributed by atoms with Gasteiger partial charge < -0.3 is 10.1 Å². The van der Waals surface area contributed by atoms with Gasteiger partial charge in [-0.3, -0.25) is 4.79 Å². The van der Waals surface area contributed by atoms with Gasteiger partial charge in [0.1, 0.15) is 5.75 Å². The molecule has 146 valence electrons. The van der Waals surface area contributed by atoms with Gasteiger partial charge in [0.05, 0.1) is 22.9 Å². The van der Waals surface area contributed by atoms with Crippen LogP contribution in [-0.4, -0.2) is 35.9 Å². The van der Waals surface area contributed by atoms with Crippen LogP contribution in [0.2, 0.25) is 0 Å². The number of amides is 1. The van der Waals surface area contributed by atoms with E-state index in [1.807, 2.05) is 0 Å². The number of sulfonamides is 2. The number of carbonyl (C=O) groups excluding carboxylic acids is 1. The maximum atomic E-state index is 12.3. The molecule has 0 fully saturated rings. The first-order valence-corrected chi connectivity index (χ1v) is 10.7. The van der Waals surface area contributed by atoms with Crippen molar-refractivity contribution in [3.63, 3.8) is 0 Å². The molecule has 2 aromatic carbocycles. The number of hydrogen-bond donors (Lipinski definition) is 3. The van der Waals surface area contributed by atoms with Crippen LogP contribution in [0.15, 0.2) is 58.3 Å². The van der Waals surface area contributed by atoms with Crippen molar-refractivity contribution in [1.29, 1.82) is 0 Å². The number of carbonyl (C=O) groups is 1. The van der Waals surface area contributed by atoms with Gasteiger partial charge in [0.25, 0.3) is 0 Å². The van der Waals surface area contributed by atoms with Gasteiger partial charge in [0.15, 0.2) is 0 Å². The van der Waals surface area contributed by atoms with Crippen LogP contribution >= 0.6 is 0 Å². The van der Waals surface area contributed by atoms with Gasteiger partial charge in [0.2, 0.25) is 26.0 Å². The summed E-state index contributed by atoms with van der Waals surface area (Å²) in [7, 11) is -6.29. The van der Waals surface area contributed by atoms with Crippen molar-refractivity contribution in [1.82, 2.24) is 4.72 Å². The topological polar surface area (TPSA) is 145 Å². The van der Waals surface area contributed by atoms with E-state index in [1.165, 1.54) is 62.6 Å². The minimum absolute atomic E-state index is 0.0135. The molecule has 9 nitrogen and oxygen atoms in total. The van der Waals surface area contributed by atoms with E-state index in [2.05, 4.69) is 10.0 Å². The van der Waals surface area contributed by atoms with Crippen LogP contribution in [0.3, 0.4) is 0 Å². The summed E-state index contributed by atoms with van der Waals surface area (Å²) >= 11 is 0. The van der Waals surface area contributed by atoms with Crippen LogP contribution in [0, 0.1) is 0 Å². The molecule has 0 bridgehead atoms. The minimum Gasteiger partial charge on any atom is -0.497 e. The Morgan fingerprint density at radius 1 is 0.963 bits per heavy atom. The summed E-state index contributed by atoms with van der Waals surface area (Å²) in [5.74, 6) is -0.113. The van der Waals surface area contributed by atoms with E-state index in [9.17, 15) is 21.6 Å². The Balaban J connectivity index is 2.06. The zero-order valence-electron chi connectivity index (χ0n) is 14.5. The van der Waals surface area contributed by atoms with Crippen LogP contribution < -0.4 is 19.9 Å². The lowest BCUT2D eigenvalue weighted by Gasteiger charge is -2.15. The number of nitrogens with two attached hydrogens (primary N) is 1. The second kappa shape index (κ2) is 8.05. The summed E-state index contributed by atoms with van der Waals surface area (Å²) in [5, 5.41) is 7.49. The predicted octanol–water partition coefficient (Wildman–Crippen LogP) is 0.648. The summed E-state index contributed by atoms with van der Waals surface area (Å²) in [6, 6.07) is 9.79. The molecule has 4 N–H and O–H groups in total. The van der Waals surface area contributed by atoms with Gasteiger partial charge in [-0.15, -0.1) is 0 Å². The number of benzene rings is 2. The van der Waals surface area contributed by atoms with E-state index >= 15 is 0 Å². The molecule has 2 aromatic rings. The standard InChI is InChI=1S/C16H19N3O6S2/c1-11(19-27(23,24)15-9-5-13(25-2)6-10-15)16(20)18-12-3-7-14(8-4-12)26(17,21)22/h3-11,19H,1-2H3,(H,18,20)(H2,17,21,22)/t11-/m1/s1. The molecule has 1 atom stereocenters. The molecule has 0 aromatic heterocycles. The molecular weight excluding hydrogens is 394 g/mol. The molecule has 0 aliphatic carbocycles. The summed E-state index contributed by atoms with van der Waals surface area (Å²) in [6.45, 7) is 1.38. The Labute approximate surface area is 157 Å². The van der Waals surface area contributed by atoms with Crippen molar-refractivity contribution in [3.05, 3.63) is 48.5 Å².